The van der Waals surface area contributed by atoms with Crippen LogP contribution in [0.25, 0.3) is 29.0 Å². The maximum Gasteiger partial charge on any atom is 0.178 e. The molecule has 0 saturated heterocycles. The number of ether oxygens (including phenoxy) is 3. The largest absolute Gasteiger partial charge is 0.493 e. The van der Waals surface area contributed by atoms with Crippen molar-refractivity contribution in [1.82, 2.24) is 0 Å². The Morgan fingerprint density at radius 3 is 1.92 bits per heavy atom. The summed E-state index contributed by atoms with van der Waals surface area (Å²) in [5.41, 5.74) is 4.79. The van der Waals surface area contributed by atoms with Crippen molar-refractivity contribution in [1.29, 1.82) is 0 Å². The summed E-state index contributed by atoms with van der Waals surface area (Å²) in [5.74, 6) is 2.31. The average Bonchev–Trinajstić information content (AvgIpc) is 3.00. The van der Waals surface area contributed by atoms with Crippen molar-refractivity contribution in [3.63, 3.8) is 0 Å². The van der Waals surface area contributed by atoms with E-state index in [1.807, 2.05) is 30.3 Å². The van der Waals surface area contributed by atoms with Gasteiger partial charge >= 0.3 is 0 Å². The van der Waals surface area contributed by atoms with E-state index < -0.39 is 5.60 Å². The van der Waals surface area contributed by atoms with E-state index in [9.17, 15) is 0 Å². The lowest BCUT2D eigenvalue weighted by Gasteiger charge is -2.36. The molecule has 0 aromatic heterocycles. The highest BCUT2D eigenvalue weighted by atomic mass is 16.5. The van der Waals surface area contributed by atoms with Gasteiger partial charge in [0.25, 0.3) is 0 Å². The first kappa shape index (κ1) is 23.6. The number of fused-ring (bicyclic) bond motifs is 3. The van der Waals surface area contributed by atoms with E-state index >= 15 is 0 Å². The summed E-state index contributed by atoms with van der Waals surface area (Å²) in [7, 11) is 3.29. The van der Waals surface area contributed by atoms with Crippen LogP contribution >= 0.6 is 0 Å². The van der Waals surface area contributed by atoms with Gasteiger partial charge in [-0.2, -0.15) is 0 Å². The lowest BCUT2D eigenvalue weighted by atomic mass is 9.83. The number of hydrogen-bond acceptors (Lipinski definition) is 3. The highest BCUT2D eigenvalue weighted by Crippen LogP contribution is 2.44. The molecule has 6 rings (SSSR count). The second-order valence-corrected chi connectivity index (χ2v) is 9.31. The van der Waals surface area contributed by atoms with Gasteiger partial charge in [-0.1, -0.05) is 97.1 Å². The smallest absolute Gasteiger partial charge is 0.178 e. The first-order chi connectivity index (χ1) is 18.7. The van der Waals surface area contributed by atoms with Crippen LogP contribution in [0.1, 0.15) is 27.8 Å². The van der Waals surface area contributed by atoms with E-state index in [1.54, 1.807) is 14.2 Å². The first-order valence-corrected chi connectivity index (χ1v) is 12.7. The fraction of sp³-hybridized carbons (Fsp3) is 0.0857. The molecule has 5 aromatic rings. The molecule has 186 valence electrons. The third-order valence-corrected chi connectivity index (χ3v) is 7.08. The third-order valence-electron chi connectivity index (χ3n) is 7.08. The topological polar surface area (TPSA) is 27.7 Å². The van der Waals surface area contributed by atoms with Crippen LogP contribution in [0.4, 0.5) is 0 Å². The monoisotopic (exact) mass is 496 g/mol. The highest BCUT2D eigenvalue weighted by molar-refractivity contribution is 5.95. The molecule has 0 spiro atoms. The molecular weight excluding hydrogens is 468 g/mol. The molecular formula is C35H28O3. The summed E-state index contributed by atoms with van der Waals surface area (Å²) in [6.07, 6.45) is 8.59. The minimum absolute atomic E-state index is 0.675. The Hall–Kier alpha value is -4.76. The summed E-state index contributed by atoms with van der Waals surface area (Å²) in [4.78, 5) is 0. The molecule has 0 N–H and O–H groups in total. The Labute approximate surface area is 223 Å². The van der Waals surface area contributed by atoms with Gasteiger partial charge in [0.15, 0.2) is 17.1 Å². The van der Waals surface area contributed by atoms with Gasteiger partial charge in [-0.3, -0.25) is 0 Å². The van der Waals surface area contributed by atoms with Crippen LogP contribution in [0.2, 0.25) is 0 Å². The summed E-state index contributed by atoms with van der Waals surface area (Å²) >= 11 is 0. The van der Waals surface area contributed by atoms with Gasteiger partial charge in [0.05, 0.1) is 14.2 Å². The van der Waals surface area contributed by atoms with Crippen LogP contribution in [0.15, 0.2) is 115 Å². The Balaban J connectivity index is 1.35. The average molecular weight is 497 g/mol. The maximum atomic E-state index is 6.85. The molecule has 1 aliphatic heterocycles. The predicted molar refractivity (Wildman–Crippen MR) is 156 cm³/mol. The zero-order valence-electron chi connectivity index (χ0n) is 21.4. The van der Waals surface area contributed by atoms with Gasteiger partial charge in [0.1, 0.15) is 5.75 Å². The van der Waals surface area contributed by atoms with Gasteiger partial charge in [-0.25, -0.2) is 0 Å². The summed E-state index contributed by atoms with van der Waals surface area (Å²) in [6.45, 7) is 0. The highest BCUT2D eigenvalue weighted by Gasteiger charge is 2.37. The Bertz CT molecular complexity index is 1610. The van der Waals surface area contributed by atoms with Gasteiger partial charge in [-0.15, -0.1) is 0 Å². The second-order valence-electron chi connectivity index (χ2n) is 9.31. The van der Waals surface area contributed by atoms with Crippen molar-refractivity contribution in [2.75, 3.05) is 14.2 Å². The van der Waals surface area contributed by atoms with Crippen molar-refractivity contribution in [3.05, 3.63) is 143 Å². The molecule has 0 aliphatic carbocycles. The SMILES string of the molecule is COc1ccc(/C=C/c2ccc3c4c(ccc3c2)OC(c2ccccc2)(c2ccccc2)C=C4)cc1OC. The predicted octanol–water partition coefficient (Wildman–Crippen LogP) is 8.38. The third kappa shape index (κ3) is 4.22. The quantitative estimate of drug-likeness (QED) is 0.221. The summed E-state index contributed by atoms with van der Waals surface area (Å²) in [5, 5.41) is 2.33. The lowest BCUT2D eigenvalue weighted by Crippen LogP contribution is -2.34. The van der Waals surface area contributed by atoms with Crippen LogP contribution in [0, 0.1) is 0 Å². The van der Waals surface area contributed by atoms with Crippen molar-refractivity contribution in [3.8, 4) is 17.2 Å². The Morgan fingerprint density at radius 2 is 1.26 bits per heavy atom. The maximum absolute atomic E-state index is 6.85. The number of hydrogen-bond donors (Lipinski definition) is 0. The minimum atomic E-state index is -0.675. The number of rotatable bonds is 6. The van der Waals surface area contributed by atoms with Crippen LogP contribution < -0.4 is 14.2 Å². The zero-order chi connectivity index (χ0) is 26.0. The van der Waals surface area contributed by atoms with Crippen molar-refractivity contribution < 1.29 is 14.2 Å². The van der Waals surface area contributed by atoms with E-state index in [0.717, 1.165) is 44.7 Å². The fourth-order valence-corrected chi connectivity index (χ4v) is 5.12. The molecule has 0 saturated carbocycles. The molecule has 0 bridgehead atoms. The molecule has 5 aromatic carbocycles. The van der Waals surface area contributed by atoms with Crippen LogP contribution in [0.3, 0.4) is 0 Å². The number of methoxy groups -OCH3 is 2. The van der Waals surface area contributed by atoms with Gasteiger partial charge in [0, 0.05) is 16.7 Å². The molecule has 3 nitrogen and oxygen atoms in total. The van der Waals surface area contributed by atoms with Crippen LogP contribution in [-0.4, -0.2) is 14.2 Å². The van der Waals surface area contributed by atoms with Crippen molar-refractivity contribution in [2.24, 2.45) is 0 Å². The van der Waals surface area contributed by atoms with Crippen LogP contribution in [-0.2, 0) is 5.60 Å². The molecule has 38 heavy (non-hydrogen) atoms. The molecule has 0 amide bonds. The van der Waals surface area contributed by atoms with E-state index in [-0.39, 0.29) is 0 Å². The van der Waals surface area contributed by atoms with Gasteiger partial charge in [0.2, 0.25) is 0 Å². The normalized spacial score (nSPS) is 13.7. The molecule has 0 fully saturated rings. The van der Waals surface area contributed by atoms with E-state index in [1.165, 1.54) is 5.39 Å². The van der Waals surface area contributed by atoms with Crippen molar-refractivity contribution >= 4 is 29.0 Å². The molecule has 0 radical (unpaired) electrons. The number of benzene rings is 5. The molecule has 1 heterocycles. The van der Waals surface area contributed by atoms with E-state index in [4.69, 9.17) is 14.2 Å². The standard InChI is InChI=1S/C35H28O3/c1-36-33-19-16-26(24-34(33)37-2)14-13-25-15-18-30-27(23-25)17-20-32-31(30)21-22-35(38-32,28-9-5-3-6-10-28)29-11-7-4-8-12-29/h3-24H,1-2H3/b14-13+. The molecule has 0 unspecified atom stereocenters. The Morgan fingerprint density at radius 1 is 0.632 bits per heavy atom. The minimum Gasteiger partial charge on any atom is -0.493 e. The van der Waals surface area contributed by atoms with E-state index in [0.29, 0.717) is 5.75 Å². The summed E-state index contributed by atoms with van der Waals surface area (Å²) in [6, 6.07) is 37.5. The fourth-order valence-electron chi connectivity index (χ4n) is 5.12. The molecule has 0 atom stereocenters. The van der Waals surface area contributed by atoms with Crippen LogP contribution in [0.5, 0.6) is 17.2 Å². The molecule has 1 aliphatic rings. The van der Waals surface area contributed by atoms with Gasteiger partial charge < -0.3 is 14.2 Å². The second kappa shape index (κ2) is 9.95. The lowest BCUT2D eigenvalue weighted by molar-refractivity contribution is 0.161. The zero-order valence-corrected chi connectivity index (χ0v) is 21.4. The van der Waals surface area contributed by atoms with E-state index in [2.05, 4.69) is 103 Å². The first-order valence-electron chi connectivity index (χ1n) is 12.7. The summed E-state index contributed by atoms with van der Waals surface area (Å²) < 4.78 is 17.6. The van der Waals surface area contributed by atoms with Crippen molar-refractivity contribution in [2.45, 2.75) is 5.60 Å². The Kier molecular flexibility index (Phi) is 6.19. The molecule has 3 heteroatoms. The van der Waals surface area contributed by atoms with Gasteiger partial charge in [-0.05, 0) is 58.3 Å².